The number of benzene rings is 1. The van der Waals surface area contributed by atoms with Crippen LogP contribution in [0.25, 0.3) is 21.5 Å². The van der Waals surface area contributed by atoms with Crippen molar-refractivity contribution in [2.45, 2.75) is 93.0 Å². The molecule has 0 bridgehead atoms. The molecular formula is C44H53N5O6. The molecule has 0 saturated heterocycles. The summed E-state index contributed by atoms with van der Waals surface area (Å²) in [5, 5.41) is 27.5. The summed E-state index contributed by atoms with van der Waals surface area (Å²) < 4.78 is 13.1. The zero-order valence-electron chi connectivity index (χ0n) is 33.1. The van der Waals surface area contributed by atoms with Gasteiger partial charge in [0.05, 0.1) is 59.9 Å². The van der Waals surface area contributed by atoms with Crippen molar-refractivity contribution in [1.29, 1.82) is 0 Å². The zero-order valence-corrected chi connectivity index (χ0v) is 33.1. The van der Waals surface area contributed by atoms with Gasteiger partial charge in [-0.25, -0.2) is 9.98 Å². The highest BCUT2D eigenvalue weighted by Gasteiger charge is 2.36. The molecule has 290 valence electrons. The van der Waals surface area contributed by atoms with Gasteiger partial charge in [0, 0.05) is 51.7 Å². The van der Waals surface area contributed by atoms with Gasteiger partial charge in [-0.15, -0.1) is 0 Å². The molecule has 3 aliphatic heterocycles. The normalized spacial score (nSPS) is 20.5. The van der Waals surface area contributed by atoms with Crippen LogP contribution in [0.5, 0.6) is 11.5 Å². The fourth-order valence-corrected chi connectivity index (χ4v) is 8.54. The van der Waals surface area contributed by atoms with Crippen molar-refractivity contribution in [3.05, 3.63) is 85.0 Å². The molecule has 7 rings (SSSR count). The van der Waals surface area contributed by atoms with Crippen LogP contribution in [-0.2, 0) is 9.47 Å². The Hall–Kier alpha value is -4.87. The maximum absolute atomic E-state index is 14.2. The van der Waals surface area contributed by atoms with Crippen molar-refractivity contribution < 1.29 is 19.7 Å². The third-order valence-electron chi connectivity index (χ3n) is 11.9. The van der Waals surface area contributed by atoms with Gasteiger partial charge in [-0.3, -0.25) is 14.6 Å². The van der Waals surface area contributed by atoms with Crippen LogP contribution in [0.4, 0.5) is 11.5 Å². The Bertz CT molecular complexity index is 2350. The van der Waals surface area contributed by atoms with E-state index < -0.39 is 23.1 Å². The van der Waals surface area contributed by atoms with Crippen molar-refractivity contribution in [1.82, 2.24) is 10.3 Å². The Kier molecular flexibility index (Phi) is 10.5. The first-order valence-corrected chi connectivity index (χ1v) is 19.6. The summed E-state index contributed by atoms with van der Waals surface area (Å²) in [6.07, 6.45) is 5.68. The molecule has 4 atom stereocenters. The summed E-state index contributed by atoms with van der Waals surface area (Å²) in [7, 11) is 0. The maximum Gasteiger partial charge on any atom is 0.199 e. The van der Waals surface area contributed by atoms with Gasteiger partial charge in [-0.2, -0.15) is 0 Å². The highest BCUT2D eigenvalue weighted by atomic mass is 16.5. The molecule has 1 aromatic heterocycles. The number of nitrogen functional groups attached to an aromatic ring is 1. The van der Waals surface area contributed by atoms with Crippen LogP contribution < -0.4 is 21.9 Å². The lowest BCUT2D eigenvalue weighted by Gasteiger charge is -2.34. The molecule has 5 N–H and O–H groups in total. The average molecular weight is 748 g/mol. The zero-order chi connectivity index (χ0) is 39.5. The molecule has 4 aromatic rings. The number of aliphatic imine (C=N–C) groups is 2. The van der Waals surface area contributed by atoms with E-state index in [1.165, 1.54) is 18.3 Å². The van der Waals surface area contributed by atoms with Crippen molar-refractivity contribution in [3.8, 4) is 11.5 Å². The smallest absolute Gasteiger partial charge is 0.199 e. The highest BCUT2D eigenvalue weighted by molar-refractivity contribution is 6.17. The average Bonchev–Trinajstić information content (AvgIpc) is 3.53. The molecule has 55 heavy (non-hydrogen) atoms. The van der Waals surface area contributed by atoms with Gasteiger partial charge in [-0.05, 0) is 60.3 Å². The van der Waals surface area contributed by atoms with Crippen LogP contribution in [0.1, 0.15) is 97.4 Å². The molecule has 0 radical (unpaired) electrons. The van der Waals surface area contributed by atoms with Gasteiger partial charge >= 0.3 is 0 Å². The van der Waals surface area contributed by atoms with E-state index in [0.717, 1.165) is 23.1 Å². The number of hydrogen-bond acceptors (Lipinski definition) is 11. The van der Waals surface area contributed by atoms with Crippen molar-refractivity contribution in [3.63, 3.8) is 0 Å². The third-order valence-corrected chi connectivity index (χ3v) is 11.9. The summed E-state index contributed by atoms with van der Waals surface area (Å²) in [6.45, 7) is 18.3. The molecule has 4 heterocycles. The van der Waals surface area contributed by atoms with E-state index in [4.69, 9.17) is 25.2 Å². The molecule has 11 heteroatoms. The van der Waals surface area contributed by atoms with E-state index in [-0.39, 0.29) is 56.7 Å². The number of anilines is 1. The Labute approximate surface area is 321 Å². The van der Waals surface area contributed by atoms with E-state index >= 15 is 0 Å². The van der Waals surface area contributed by atoms with Crippen LogP contribution >= 0.6 is 0 Å². The minimum atomic E-state index is -0.493. The fourth-order valence-electron chi connectivity index (χ4n) is 8.54. The van der Waals surface area contributed by atoms with E-state index in [2.05, 4.69) is 64.8 Å². The van der Waals surface area contributed by atoms with Crippen molar-refractivity contribution in [2.24, 2.45) is 39.6 Å². The fraction of sp³-hybridized carbons (Fsp3) is 0.477. The second-order valence-electron chi connectivity index (χ2n) is 16.6. The SMILES string of the molecule is CCC(COC1CC(c2c(O)c3cc4c(O)c(C5=Nc6ncc(N)cc6C(OCC(C(C)C)C(C)C)C5)c(=O)c4cc3c2=O)=NC2NC=C(C)C=C21)C(C)C. The number of aromatic nitrogens is 1. The lowest BCUT2D eigenvalue weighted by molar-refractivity contribution is 0.00825. The summed E-state index contributed by atoms with van der Waals surface area (Å²) in [4.78, 5) is 42.5. The predicted octanol–water partition coefficient (Wildman–Crippen LogP) is 7.51. The number of hydrogen-bond donors (Lipinski definition) is 4. The van der Waals surface area contributed by atoms with Crippen LogP contribution in [0, 0.1) is 29.6 Å². The molecule has 3 aromatic carbocycles. The van der Waals surface area contributed by atoms with E-state index in [1.807, 2.05) is 13.1 Å². The monoisotopic (exact) mass is 747 g/mol. The largest absolute Gasteiger partial charge is 0.506 e. The number of allylic oxidation sites excluding steroid dienone is 2. The predicted molar refractivity (Wildman–Crippen MR) is 219 cm³/mol. The van der Waals surface area contributed by atoms with E-state index in [0.29, 0.717) is 72.2 Å². The lowest BCUT2D eigenvalue weighted by Crippen LogP contribution is -2.41. The Balaban J connectivity index is 1.26. The van der Waals surface area contributed by atoms with Gasteiger partial charge in [0.2, 0.25) is 0 Å². The molecule has 3 aliphatic rings. The van der Waals surface area contributed by atoms with Gasteiger partial charge in [0.1, 0.15) is 17.7 Å². The summed E-state index contributed by atoms with van der Waals surface area (Å²) >= 11 is 0. The molecular weight excluding hydrogens is 695 g/mol. The summed E-state index contributed by atoms with van der Waals surface area (Å²) in [6, 6.07) is 4.80. The first-order valence-electron chi connectivity index (χ1n) is 19.6. The number of ether oxygens (including phenoxy) is 2. The first-order chi connectivity index (χ1) is 26.2. The van der Waals surface area contributed by atoms with E-state index in [9.17, 15) is 19.8 Å². The Morgan fingerprint density at radius 2 is 1.44 bits per heavy atom. The molecule has 11 nitrogen and oxygen atoms in total. The Morgan fingerprint density at radius 1 is 0.836 bits per heavy atom. The second-order valence-corrected chi connectivity index (χ2v) is 16.6. The Morgan fingerprint density at radius 3 is 2.05 bits per heavy atom. The third kappa shape index (κ3) is 6.97. The minimum Gasteiger partial charge on any atom is -0.506 e. The second kappa shape index (κ2) is 15.0. The van der Waals surface area contributed by atoms with Crippen LogP contribution in [-0.4, -0.2) is 52.1 Å². The highest BCUT2D eigenvalue weighted by Crippen LogP contribution is 2.42. The number of pyridine rings is 1. The van der Waals surface area contributed by atoms with Gasteiger partial charge in [0.15, 0.2) is 16.7 Å². The number of nitrogens with one attached hydrogen (secondary N) is 1. The lowest BCUT2D eigenvalue weighted by atomic mass is 9.86. The van der Waals surface area contributed by atoms with E-state index in [1.54, 1.807) is 6.07 Å². The minimum absolute atomic E-state index is 0.0337. The van der Waals surface area contributed by atoms with Crippen LogP contribution in [0.15, 0.2) is 67.4 Å². The van der Waals surface area contributed by atoms with Crippen LogP contribution in [0.2, 0.25) is 0 Å². The number of fused-ring (bicyclic) bond motifs is 4. The molecule has 4 unspecified atom stereocenters. The summed E-state index contributed by atoms with van der Waals surface area (Å²) in [5.74, 6) is 1.78. The number of nitrogens with zero attached hydrogens (tertiary/aromatic N) is 3. The van der Waals surface area contributed by atoms with Gasteiger partial charge < -0.3 is 30.7 Å². The molecule has 0 spiro atoms. The molecule has 0 saturated carbocycles. The molecule has 0 fully saturated rings. The number of rotatable bonds is 12. The molecule has 0 aliphatic carbocycles. The summed E-state index contributed by atoms with van der Waals surface area (Å²) in [5.41, 5.74) is 9.36. The van der Waals surface area contributed by atoms with Crippen LogP contribution in [0.3, 0.4) is 0 Å². The maximum atomic E-state index is 14.2. The topological polar surface area (TPSA) is 169 Å². The van der Waals surface area contributed by atoms with Gasteiger partial charge in [0.25, 0.3) is 0 Å². The standard InChI is InChI=1S/C44H53N5O6/c1-9-24(20(2)3)18-54-35-14-33(48-43-30(35)10-23(8)16-46-43)37-39(50)26-12-28-29(13-27(26)40(37)51)42(53)38(41(28)52)34-15-36(55-19-32(21(4)5)22(6)7)31-11-25(45)17-47-44(31)49-34/h10-13,16-17,20-22,24,32,35-36,43,46,50,52H,9,14-15,18-19,45H2,1-8H3. The number of aromatic hydroxyl groups is 2. The number of dihydropyridines is 1. The van der Waals surface area contributed by atoms with Crippen molar-refractivity contribution >= 4 is 44.5 Å². The number of nitrogens with two attached hydrogens (primary N) is 1. The quantitative estimate of drug-likeness (QED) is 0.115. The first kappa shape index (κ1) is 38.4. The van der Waals surface area contributed by atoms with Crippen molar-refractivity contribution in [2.75, 3.05) is 18.9 Å². The molecule has 0 amide bonds. The van der Waals surface area contributed by atoms with Gasteiger partial charge in [-0.1, -0.05) is 61.0 Å².